The molecule has 0 aromatic carbocycles. The second-order valence-corrected chi connectivity index (χ2v) is 4.63. The predicted molar refractivity (Wildman–Crippen MR) is 69.7 cm³/mol. The summed E-state index contributed by atoms with van der Waals surface area (Å²) in [5.74, 6) is -0.156. The molecule has 2 heterocycles. The smallest absolute Gasteiger partial charge is 0.259 e. The average molecular weight is 249 g/mol. The Hall–Kier alpha value is -1.62. The molecule has 0 bridgehead atoms. The number of aromatic amines is 1. The van der Waals surface area contributed by atoms with Crippen LogP contribution in [0.25, 0.3) is 0 Å². The number of piperidine rings is 1. The summed E-state index contributed by atoms with van der Waals surface area (Å²) in [6.07, 6.45) is 6.19. The maximum absolute atomic E-state index is 12.4. The Balaban J connectivity index is 2.21. The highest BCUT2D eigenvalue weighted by Crippen LogP contribution is 2.18. The van der Waals surface area contributed by atoms with Crippen LogP contribution >= 0.6 is 0 Å². The number of pyridine rings is 1. The lowest BCUT2D eigenvalue weighted by molar-refractivity contribution is 0.0613. The molecule has 1 fully saturated rings. The van der Waals surface area contributed by atoms with Crippen molar-refractivity contribution in [3.05, 3.63) is 34.2 Å². The first kappa shape index (κ1) is 12.8. The van der Waals surface area contributed by atoms with E-state index in [4.69, 9.17) is 0 Å². The van der Waals surface area contributed by atoms with E-state index in [1.165, 1.54) is 12.3 Å². The molecule has 1 unspecified atom stereocenters. The van der Waals surface area contributed by atoms with E-state index in [2.05, 4.69) is 10.3 Å². The molecule has 1 saturated heterocycles. The van der Waals surface area contributed by atoms with Crippen molar-refractivity contribution in [1.82, 2.24) is 15.2 Å². The number of hydrogen-bond acceptors (Lipinski definition) is 3. The minimum Gasteiger partial charge on any atom is -0.367 e. The summed E-state index contributed by atoms with van der Waals surface area (Å²) in [4.78, 5) is 28.7. The van der Waals surface area contributed by atoms with E-state index in [-0.39, 0.29) is 22.9 Å². The van der Waals surface area contributed by atoms with Crippen LogP contribution in [0.3, 0.4) is 0 Å². The molecule has 0 radical (unpaired) electrons. The average Bonchev–Trinajstić information content (AvgIpc) is 2.40. The van der Waals surface area contributed by atoms with E-state index in [1.807, 2.05) is 11.9 Å². The zero-order valence-corrected chi connectivity index (χ0v) is 10.6. The first-order chi connectivity index (χ1) is 8.74. The fourth-order valence-corrected chi connectivity index (χ4v) is 2.45. The first-order valence-electron chi connectivity index (χ1n) is 6.36. The molecule has 5 nitrogen and oxygen atoms in total. The van der Waals surface area contributed by atoms with Gasteiger partial charge in [0.2, 0.25) is 0 Å². The number of rotatable bonds is 3. The van der Waals surface area contributed by atoms with Gasteiger partial charge in [0, 0.05) is 37.6 Å². The number of H-pyrrole nitrogens is 1. The van der Waals surface area contributed by atoms with Gasteiger partial charge in [-0.05, 0) is 26.3 Å². The standard InChI is InChI=1S/C13H19N3O2/c1-14-8-10-4-2-3-7-16(10)13(18)11-9-15-6-5-12(11)17/h5-6,9-10,14H,2-4,7-8H2,1H3,(H,15,17). The summed E-state index contributed by atoms with van der Waals surface area (Å²) >= 11 is 0. The number of carbonyl (C=O) groups is 1. The summed E-state index contributed by atoms with van der Waals surface area (Å²) in [6.45, 7) is 1.51. The van der Waals surface area contributed by atoms with Gasteiger partial charge >= 0.3 is 0 Å². The van der Waals surface area contributed by atoms with Crippen LogP contribution in [0, 0.1) is 0 Å². The number of nitrogens with one attached hydrogen (secondary N) is 2. The molecule has 2 rings (SSSR count). The van der Waals surface area contributed by atoms with Crippen LogP contribution in [-0.4, -0.2) is 42.0 Å². The number of likely N-dealkylation sites (tertiary alicyclic amines) is 1. The normalized spacial score (nSPS) is 19.8. The van der Waals surface area contributed by atoms with Gasteiger partial charge < -0.3 is 15.2 Å². The van der Waals surface area contributed by atoms with Crippen molar-refractivity contribution in [2.45, 2.75) is 25.3 Å². The third-order valence-electron chi connectivity index (χ3n) is 3.38. The summed E-state index contributed by atoms with van der Waals surface area (Å²) < 4.78 is 0. The second-order valence-electron chi connectivity index (χ2n) is 4.63. The van der Waals surface area contributed by atoms with Crippen LogP contribution in [0.5, 0.6) is 0 Å². The zero-order valence-electron chi connectivity index (χ0n) is 10.6. The summed E-state index contributed by atoms with van der Waals surface area (Å²) in [7, 11) is 1.88. The molecule has 2 N–H and O–H groups in total. The van der Waals surface area contributed by atoms with E-state index in [9.17, 15) is 9.59 Å². The molecule has 0 aliphatic carbocycles. The molecule has 1 atom stereocenters. The highest BCUT2D eigenvalue weighted by Gasteiger charge is 2.27. The monoisotopic (exact) mass is 249 g/mol. The Kier molecular flexibility index (Phi) is 4.15. The van der Waals surface area contributed by atoms with Gasteiger partial charge in [-0.3, -0.25) is 9.59 Å². The van der Waals surface area contributed by atoms with Gasteiger partial charge in [-0.15, -0.1) is 0 Å². The van der Waals surface area contributed by atoms with Gasteiger partial charge in [0.25, 0.3) is 5.91 Å². The van der Waals surface area contributed by atoms with Crippen molar-refractivity contribution in [3.8, 4) is 0 Å². The maximum Gasteiger partial charge on any atom is 0.259 e. The molecule has 18 heavy (non-hydrogen) atoms. The van der Waals surface area contributed by atoms with Gasteiger partial charge in [-0.1, -0.05) is 0 Å². The van der Waals surface area contributed by atoms with Crippen LogP contribution < -0.4 is 10.7 Å². The number of nitrogens with zero attached hydrogens (tertiary/aromatic N) is 1. The third kappa shape index (κ3) is 2.61. The van der Waals surface area contributed by atoms with Crippen LogP contribution in [0.1, 0.15) is 29.6 Å². The number of carbonyl (C=O) groups excluding carboxylic acids is 1. The van der Waals surface area contributed by atoms with Crippen molar-refractivity contribution in [2.75, 3.05) is 20.1 Å². The first-order valence-corrected chi connectivity index (χ1v) is 6.36. The van der Waals surface area contributed by atoms with Gasteiger partial charge in [0.05, 0.1) is 0 Å². The van der Waals surface area contributed by atoms with Crippen molar-refractivity contribution in [2.24, 2.45) is 0 Å². The Morgan fingerprint density at radius 2 is 2.39 bits per heavy atom. The molecule has 0 spiro atoms. The van der Waals surface area contributed by atoms with Crippen LogP contribution in [-0.2, 0) is 0 Å². The summed E-state index contributed by atoms with van der Waals surface area (Å²) in [6, 6.07) is 1.58. The van der Waals surface area contributed by atoms with E-state index < -0.39 is 0 Å². The lowest BCUT2D eigenvalue weighted by atomic mass is 10.0. The number of amides is 1. The highest BCUT2D eigenvalue weighted by molar-refractivity contribution is 5.94. The second kappa shape index (κ2) is 5.82. The molecule has 5 heteroatoms. The van der Waals surface area contributed by atoms with Crippen LogP contribution in [0.2, 0.25) is 0 Å². The molecule has 1 amide bonds. The van der Waals surface area contributed by atoms with Gasteiger partial charge in [-0.25, -0.2) is 0 Å². The summed E-state index contributed by atoms with van der Waals surface area (Å²) in [5.41, 5.74) is 0.0213. The SMILES string of the molecule is CNCC1CCCCN1C(=O)c1c[nH]ccc1=O. The Morgan fingerprint density at radius 3 is 3.11 bits per heavy atom. The Bertz CT molecular complexity index is 467. The zero-order chi connectivity index (χ0) is 13.0. The lowest BCUT2D eigenvalue weighted by Gasteiger charge is -2.35. The minimum atomic E-state index is -0.215. The Morgan fingerprint density at radius 1 is 1.56 bits per heavy atom. The summed E-state index contributed by atoms with van der Waals surface area (Å²) in [5, 5.41) is 3.11. The molecule has 0 saturated carbocycles. The Labute approximate surface area is 106 Å². The third-order valence-corrected chi connectivity index (χ3v) is 3.38. The van der Waals surface area contributed by atoms with Crippen molar-refractivity contribution < 1.29 is 4.79 Å². The largest absolute Gasteiger partial charge is 0.367 e. The van der Waals surface area contributed by atoms with Crippen molar-refractivity contribution in [3.63, 3.8) is 0 Å². The van der Waals surface area contributed by atoms with Gasteiger partial charge in [0.1, 0.15) is 5.56 Å². The minimum absolute atomic E-state index is 0.156. The number of hydrogen-bond donors (Lipinski definition) is 2. The molecular weight excluding hydrogens is 230 g/mol. The number of likely N-dealkylation sites (N-methyl/N-ethyl adjacent to an activating group) is 1. The van der Waals surface area contributed by atoms with Gasteiger partial charge in [-0.2, -0.15) is 0 Å². The van der Waals surface area contributed by atoms with Crippen molar-refractivity contribution >= 4 is 5.91 Å². The molecule has 1 aliphatic heterocycles. The molecule has 1 aliphatic rings. The van der Waals surface area contributed by atoms with Crippen molar-refractivity contribution in [1.29, 1.82) is 0 Å². The lowest BCUT2D eigenvalue weighted by Crippen LogP contribution is -2.49. The van der Waals surface area contributed by atoms with Crippen LogP contribution in [0.15, 0.2) is 23.3 Å². The molecule has 98 valence electrons. The number of aromatic nitrogens is 1. The fraction of sp³-hybridized carbons (Fsp3) is 0.538. The highest BCUT2D eigenvalue weighted by atomic mass is 16.2. The van der Waals surface area contributed by atoms with E-state index >= 15 is 0 Å². The fourth-order valence-electron chi connectivity index (χ4n) is 2.45. The van der Waals surface area contributed by atoms with E-state index in [1.54, 1.807) is 6.20 Å². The molecular formula is C13H19N3O2. The quantitative estimate of drug-likeness (QED) is 0.824. The molecule has 1 aromatic heterocycles. The molecule has 1 aromatic rings. The van der Waals surface area contributed by atoms with Crippen LogP contribution in [0.4, 0.5) is 0 Å². The van der Waals surface area contributed by atoms with Gasteiger partial charge in [0.15, 0.2) is 5.43 Å². The van der Waals surface area contributed by atoms with E-state index in [0.29, 0.717) is 0 Å². The maximum atomic E-state index is 12.4. The predicted octanol–water partition coefficient (Wildman–Crippen LogP) is 0.589. The van der Waals surface area contributed by atoms with E-state index in [0.717, 1.165) is 32.4 Å². The topological polar surface area (TPSA) is 65.2 Å².